The highest BCUT2D eigenvalue weighted by Gasteiger charge is 2.36. The van der Waals surface area contributed by atoms with Crippen LogP contribution in [-0.2, 0) is 11.3 Å². The average molecular weight is 375 g/mol. The number of hydrogen-bond donors (Lipinski definition) is 1. The first-order valence-electron chi connectivity index (χ1n) is 10.5. The van der Waals surface area contributed by atoms with Gasteiger partial charge in [0.15, 0.2) is 0 Å². The van der Waals surface area contributed by atoms with Crippen molar-refractivity contribution in [1.82, 2.24) is 19.6 Å². The molecule has 4 rings (SSSR count). The predicted molar refractivity (Wildman–Crippen MR) is 107 cm³/mol. The van der Waals surface area contributed by atoms with Crippen molar-refractivity contribution >= 4 is 0 Å². The molecule has 3 aliphatic rings. The number of likely N-dealkylation sites (tertiary alicyclic amines) is 1. The molecule has 0 aromatic heterocycles. The molecule has 6 heteroatoms. The molecule has 0 unspecified atom stereocenters. The highest BCUT2D eigenvalue weighted by molar-refractivity contribution is 5.14. The molecule has 0 amide bonds. The second-order valence-corrected chi connectivity index (χ2v) is 8.15. The summed E-state index contributed by atoms with van der Waals surface area (Å²) < 4.78 is 5.45. The van der Waals surface area contributed by atoms with Gasteiger partial charge < -0.3 is 9.84 Å². The lowest BCUT2D eigenvalue weighted by Crippen LogP contribution is -2.49. The van der Waals surface area contributed by atoms with Crippen molar-refractivity contribution in [3.8, 4) is 0 Å². The van der Waals surface area contributed by atoms with Gasteiger partial charge in [-0.05, 0) is 5.56 Å². The Labute approximate surface area is 163 Å². The summed E-state index contributed by atoms with van der Waals surface area (Å²) in [5.41, 5.74) is 1.41. The van der Waals surface area contributed by atoms with Crippen molar-refractivity contribution in [3.05, 3.63) is 35.9 Å². The fourth-order valence-electron chi connectivity index (χ4n) is 4.59. The molecule has 0 spiro atoms. The number of piperazine rings is 1. The van der Waals surface area contributed by atoms with Gasteiger partial charge in [-0.3, -0.25) is 19.6 Å². The second-order valence-electron chi connectivity index (χ2n) is 8.15. The van der Waals surface area contributed by atoms with Crippen LogP contribution in [0.3, 0.4) is 0 Å². The number of benzene rings is 1. The fraction of sp³-hybridized carbons (Fsp3) is 0.714. The number of hydrogen-bond acceptors (Lipinski definition) is 6. The Morgan fingerprint density at radius 1 is 0.815 bits per heavy atom. The predicted octanol–water partition coefficient (Wildman–Crippen LogP) is 0.182. The summed E-state index contributed by atoms with van der Waals surface area (Å²) in [6.07, 6.45) is -0.217. The molecule has 1 aromatic rings. The Balaban J connectivity index is 1.16. The minimum absolute atomic E-state index is 0.217. The number of β-amino-alcohol motifs (C(OH)–C–C–N with tert-alkyl or cyclic N) is 1. The van der Waals surface area contributed by atoms with Gasteiger partial charge in [0.2, 0.25) is 0 Å². The maximum atomic E-state index is 10.5. The normalized spacial score (nSPS) is 29.4. The van der Waals surface area contributed by atoms with Gasteiger partial charge in [-0.2, -0.15) is 0 Å². The van der Waals surface area contributed by atoms with Crippen molar-refractivity contribution in [2.45, 2.75) is 18.7 Å². The van der Waals surface area contributed by atoms with Crippen LogP contribution < -0.4 is 0 Å². The summed E-state index contributed by atoms with van der Waals surface area (Å²) in [5.74, 6) is 0. The van der Waals surface area contributed by atoms with Crippen LogP contribution in [0.25, 0.3) is 0 Å². The van der Waals surface area contributed by atoms with Crippen molar-refractivity contribution in [3.63, 3.8) is 0 Å². The monoisotopic (exact) mass is 374 g/mol. The summed E-state index contributed by atoms with van der Waals surface area (Å²) in [5, 5.41) is 10.5. The molecule has 27 heavy (non-hydrogen) atoms. The molecule has 1 N–H and O–H groups in total. The van der Waals surface area contributed by atoms with Crippen LogP contribution in [0.4, 0.5) is 0 Å². The van der Waals surface area contributed by atoms with E-state index in [0.29, 0.717) is 0 Å². The minimum Gasteiger partial charge on any atom is -0.390 e. The van der Waals surface area contributed by atoms with Crippen LogP contribution in [-0.4, -0.2) is 116 Å². The number of rotatable bonds is 6. The Bertz CT molecular complexity index is 559. The molecule has 0 bridgehead atoms. The van der Waals surface area contributed by atoms with Crippen LogP contribution in [0, 0.1) is 0 Å². The van der Waals surface area contributed by atoms with E-state index in [0.717, 1.165) is 85.2 Å². The third kappa shape index (κ3) is 5.28. The number of aliphatic hydroxyl groups excluding tert-OH is 1. The quantitative estimate of drug-likeness (QED) is 0.766. The third-order valence-corrected chi connectivity index (χ3v) is 6.30. The maximum absolute atomic E-state index is 10.5. The number of nitrogens with zero attached hydrogens (tertiary/aromatic N) is 4. The van der Waals surface area contributed by atoms with E-state index in [1.54, 1.807) is 0 Å². The van der Waals surface area contributed by atoms with E-state index in [1.807, 2.05) is 0 Å². The lowest BCUT2D eigenvalue weighted by Gasteiger charge is -2.35. The van der Waals surface area contributed by atoms with E-state index >= 15 is 0 Å². The number of ether oxygens (including phenoxy) is 1. The molecule has 3 saturated heterocycles. The Kier molecular flexibility index (Phi) is 6.76. The van der Waals surface area contributed by atoms with Gasteiger partial charge >= 0.3 is 0 Å². The third-order valence-electron chi connectivity index (χ3n) is 6.30. The van der Waals surface area contributed by atoms with Crippen molar-refractivity contribution < 1.29 is 9.84 Å². The topological polar surface area (TPSA) is 42.4 Å². The summed E-state index contributed by atoms with van der Waals surface area (Å²) in [7, 11) is 0. The van der Waals surface area contributed by atoms with Crippen LogP contribution in [0.5, 0.6) is 0 Å². The molecule has 0 saturated carbocycles. The van der Waals surface area contributed by atoms with Gasteiger partial charge in [0, 0.05) is 78.0 Å². The zero-order chi connectivity index (χ0) is 18.5. The van der Waals surface area contributed by atoms with E-state index in [4.69, 9.17) is 4.74 Å². The number of aliphatic hydroxyl groups is 1. The van der Waals surface area contributed by atoms with Crippen molar-refractivity contribution in [2.75, 3.05) is 78.7 Å². The molecule has 0 aliphatic carbocycles. The zero-order valence-corrected chi connectivity index (χ0v) is 16.4. The Morgan fingerprint density at radius 2 is 1.48 bits per heavy atom. The molecule has 1 aromatic carbocycles. The summed E-state index contributed by atoms with van der Waals surface area (Å²) in [4.78, 5) is 9.99. The Hall–Kier alpha value is -1.02. The van der Waals surface area contributed by atoms with Gasteiger partial charge in [0.05, 0.1) is 19.3 Å². The largest absolute Gasteiger partial charge is 0.390 e. The summed E-state index contributed by atoms with van der Waals surface area (Å²) >= 11 is 0. The van der Waals surface area contributed by atoms with Gasteiger partial charge in [0.25, 0.3) is 0 Å². The van der Waals surface area contributed by atoms with Gasteiger partial charge in [-0.1, -0.05) is 30.3 Å². The Morgan fingerprint density at radius 3 is 2.22 bits per heavy atom. The molecular formula is C21H34N4O2. The summed E-state index contributed by atoms with van der Waals surface area (Å²) in [6, 6.07) is 11.1. The van der Waals surface area contributed by atoms with Crippen LogP contribution in [0.2, 0.25) is 0 Å². The van der Waals surface area contributed by atoms with E-state index < -0.39 is 0 Å². The van der Waals surface area contributed by atoms with E-state index in [1.165, 1.54) is 5.56 Å². The van der Waals surface area contributed by atoms with Gasteiger partial charge in [0.1, 0.15) is 0 Å². The average Bonchev–Trinajstić information content (AvgIpc) is 3.09. The van der Waals surface area contributed by atoms with E-state index in [9.17, 15) is 5.11 Å². The lowest BCUT2D eigenvalue weighted by atomic mass is 10.2. The standard InChI is InChI=1S/C21H34N4O2/c26-21-18-24(17-20(21)25-12-14-27-15-13-25)11-8-22-6-9-23(10-7-22)16-19-4-2-1-3-5-19/h1-5,20-21,26H,6-18H2/t20-,21-/m1/s1. The molecule has 2 atom stereocenters. The van der Waals surface area contributed by atoms with E-state index in [-0.39, 0.29) is 12.1 Å². The molecule has 150 valence electrons. The lowest BCUT2D eigenvalue weighted by molar-refractivity contribution is -0.00618. The minimum atomic E-state index is -0.217. The number of morpholine rings is 1. The smallest absolute Gasteiger partial charge is 0.0834 e. The maximum Gasteiger partial charge on any atom is 0.0834 e. The zero-order valence-electron chi connectivity index (χ0n) is 16.4. The molecule has 3 fully saturated rings. The van der Waals surface area contributed by atoms with Gasteiger partial charge in [-0.15, -0.1) is 0 Å². The first-order valence-corrected chi connectivity index (χ1v) is 10.5. The molecule has 3 heterocycles. The highest BCUT2D eigenvalue weighted by Crippen LogP contribution is 2.18. The van der Waals surface area contributed by atoms with Gasteiger partial charge in [-0.25, -0.2) is 0 Å². The van der Waals surface area contributed by atoms with E-state index in [2.05, 4.69) is 49.9 Å². The SMILES string of the molecule is O[C@@H]1CN(CCN2CCN(Cc3ccccc3)CC2)C[C@H]1N1CCOCC1. The van der Waals surface area contributed by atoms with Crippen LogP contribution in [0.15, 0.2) is 30.3 Å². The highest BCUT2D eigenvalue weighted by atomic mass is 16.5. The van der Waals surface area contributed by atoms with Crippen molar-refractivity contribution in [2.24, 2.45) is 0 Å². The molecule has 3 aliphatic heterocycles. The molecule has 6 nitrogen and oxygen atoms in total. The summed E-state index contributed by atoms with van der Waals surface area (Å²) in [6.45, 7) is 13.2. The first kappa shape index (κ1) is 19.3. The van der Waals surface area contributed by atoms with Crippen LogP contribution in [0.1, 0.15) is 5.56 Å². The van der Waals surface area contributed by atoms with Crippen molar-refractivity contribution in [1.29, 1.82) is 0 Å². The second kappa shape index (κ2) is 9.45. The molecular weight excluding hydrogens is 340 g/mol. The first-order chi connectivity index (χ1) is 13.3. The fourth-order valence-corrected chi connectivity index (χ4v) is 4.59. The molecule has 0 radical (unpaired) electrons. The van der Waals surface area contributed by atoms with Crippen LogP contribution >= 0.6 is 0 Å².